The molecule has 0 spiro atoms. The van der Waals surface area contributed by atoms with Gasteiger partial charge in [-0.3, -0.25) is 0 Å². The van der Waals surface area contributed by atoms with Gasteiger partial charge >= 0.3 is 0 Å². The van der Waals surface area contributed by atoms with Crippen molar-refractivity contribution in [3.63, 3.8) is 0 Å². The Morgan fingerprint density at radius 1 is 0.246 bits per heavy atom. The number of nitriles is 12. The zero-order valence-electron chi connectivity index (χ0n) is 35.9. The molecule has 7 heterocycles. The summed E-state index contributed by atoms with van der Waals surface area (Å²) in [6, 6.07) is 22.3. The topological polar surface area (TPSA) is 441 Å². The second-order valence-corrected chi connectivity index (χ2v) is 13.6. The Balaban J connectivity index is 1.77. The Morgan fingerprint density at radius 3 is 0.493 bits per heavy atom. The minimum atomic E-state index is -0.634. The lowest BCUT2D eigenvalue weighted by Gasteiger charge is -2.27. The number of aromatic nitrogens is 15. The van der Waals surface area contributed by atoms with Crippen molar-refractivity contribution in [2.24, 2.45) is 42.3 Å². The molecule has 7 aromatic heterocycles. The number of rotatable bonds is 9. The van der Waals surface area contributed by atoms with Crippen molar-refractivity contribution in [1.82, 2.24) is 72.3 Å². The van der Waals surface area contributed by atoms with E-state index >= 15 is 0 Å². The van der Waals surface area contributed by atoms with E-state index in [4.69, 9.17) is 15.0 Å². The van der Waals surface area contributed by atoms with Gasteiger partial charge in [0.15, 0.2) is 68.3 Å². The maximum absolute atomic E-state index is 10.2. The van der Waals surface area contributed by atoms with Crippen LogP contribution in [0.5, 0.6) is 0 Å². The Bertz CT molecular complexity index is 3290. The quantitative estimate of drug-likeness (QED) is 0.196. The van der Waals surface area contributed by atoms with E-state index < -0.39 is 52.0 Å². The average molecular weight is 907 g/mol. The second kappa shape index (κ2) is 17.0. The highest BCUT2D eigenvalue weighted by Gasteiger charge is 2.38. The lowest BCUT2D eigenvalue weighted by Crippen LogP contribution is -2.28. The molecule has 30 heteroatoms. The number of nitrogens with zero attached hydrogens (tertiary/aromatic N) is 30. The summed E-state index contributed by atoms with van der Waals surface area (Å²) in [5, 5.41) is 122. The molecule has 0 radical (unpaired) electrons. The van der Waals surface area contributed by atoms with Crippen LogP contribution in [-0.2, 0) is 42.3 Å². The summed E-state index contributed by atoms with van der Waals surface area (Å²) in [6.45, 7) is 0. The van der Waals surface area contributed by atoms with Crippen LogP contribution >= 0.6 is 0 Å². The standard InChI is InChI=1S/C39H18N30/c1-61-25(13-46)19(7-40)52-34(61)67(35-53-20(8-41)26(14-47)62(35)2)31-58-32(68(36-54-21(9-42)27(15-48)63(36)3)37-55-22(10-43)28(16-49)64(37)4)60-33(59-31)69(38-56-23(11-44)29(17-50)65(38)5)39-57-24(12-45)30(18-51)66(39)6/h1-6H3. The molecule has 0 bridgehead atoms. The van der Waals surface area contributed by atoms with Crippen LogP contribution in [0.2, 0.25) is 0 Å². The van der Waals surface area contributed by atoms with Crippen molar-refractivity contribution in [2.75, 3.05) is 14.7 Å². The van der Waals surface area contributed by atoms with Crippen LogP contribution in [-0.4, -0.2) is 72.3 Å². The molecule has 0 aliphatic carbocycles. The highest BCUT2D eigenvalue weighted by atomic mass is 15.5. The SMILES string of the molecule is Cn1c(N(c2nc(N(c3nc(C#N)c(C#N)n3C)c3nc(C#N)c(C#N)n3C)nc(N(c3nc(C#N)c(C#N)n3C)c3nc(C#N)c(C#N)n3C)n2)c2nc(C#N)c(C#N)n2C)nc(C#N)c1C#N. The third-order valence-corrected chi connectivity index (χ3v) is 10.1. The van der Waals surface area contributed by atoms with Crippen LogP contribution in [0.25, 0.3) is 0 Å². The minimum Gasteiger partial charge on any atom is -0.303 e. The Morgan fingerprint density at radius 2 is 0.391 bits per heavy atom. The van der Waals surface area contributed by atoms with Gasteiger partial charge in [-0.25, -0.2) is 14.7 Å². The first-order valence-corrected chi connectivity index (χ1v) is 18.6. The molecule has 0 amide bonds. The molecule has 324 valence electrons. The summed E-state index contributed by atoms with van der Waals surface area (Å²) in [7, 11) is 7.99. The monoisotopic (exact) mass is 906 g/mol. The van der Waals surface area contributed by atoms with Crippen LogP contribution in [0, 0.1) is 136 Å². The summed E-state index contributed by atoms with van der Waals surface area (Å²) < 4.78 is 6.79. The van der Waals surface area contributed by atoms with Crippen molar-refractivity contribution >= 4 is 53.5 Å². The van der Waals surface area contributed by atoms with Crippen molar-refractivity contribution in [2.45, 2.75) is 0 Å². The molecule has 7 aromatic rings. The van der Waals surface area contributed by atoms with E-state index in [0.717, 1.165) is 42.1 Å². The van der Waals surface area contributed by atoms with Gasteiger partial charge in [-0.2, -0.15) is 108 Å². The largest absolute Gasteiger partial charge is 0.303 e. The van der Waals surface area contributed by atoms with E-state index in [1.54, 1.807) is 0 Å². The first-order valence-electron chi connectivity index (χ1n) is 18.6. The molecule has 0 N–H and O–H groups in total. The summed E-state index contributed by atoms with van der Waals surface area (Å²) in [4.78, 5) is 43.5. The van der Waals surface area contributed by atoms with Gasteiger partial charge in [0.25, 0.3) is 0 Å². The van der Waals surface area contributed by atoms with Crippen molar-refractivity contribution < 1.29 is 0 Å². The number of hydrogen-bond donors (Lipinski definition) is 0. The Labute approximate surface area is 386 Å². The fourth-order valence-corrected chi connectivity index (χ4v) is 6.80. The minimum absolute atomic E-state index is 0.296. The average Bonchev–Trinajstić information content (AvgIpc) is 4.19. The Kier molecular flexibility index (Phi) is 11.0. The van der Waals surface area contributed by atoms with Gasteiger partial charge in [0.05, 0.1) is 0 Å². The molecule has 0 aliphatic rings. The van der Waals surface area contributed by atoms with Crippen LogP contribution in [0.1, 0.15) is 68.3 Å². The first-order chi connectivity index (χ1) is 33.2. The van der Waals surface area contributed by atoms with Crippen LogP contribution in [0.15, 0.2) is 0 Å². The zero-order valence-corrected chi connectivity index (χ0v) is 35.9. The predicted octanol–water partition coefficient (Wildman–Crippen LogP) is 1.14. The maximum Gasteiger partial charge on any atom is 0.246 e. The van der Waals surface area contributed by atoms with Gasteiger partial charge in [-0.15, -0.1) is 0 Å². The van der Waals surface area contributed by atoms with Crippen LogP contribution < -0.4 is 14.7 Å². The molecular weight excluding hydrogens is 889 g/mol. The molecule has 0 saturated heterocycles. The lowest BCUT2D eigenvalue weighted by atomic mass is 10.4. The molecular formula is C39H18N30. The molecule has 0 aliphatic heterocycles. The van der Waals surface area contributed by atoms with E-state index in [9.17, 15) is 63.1 Å². The molecule has 0 atom stereocenters. The maximum atomic E-state index is 10.2. The summed E-state index contributed by atoms with van der Waals surface area (Å²) in [5.74, 6) is -4.05. The summed E-state index contributed by atoms with van der Waals surface area (Å²) in [5.41, 5.74) is -4.29. The molecule has 7 rings (SSSR count). The van der Waals surface area contributed by atoms with Gasteiger partial charge in [-0.05, 0) is 0 Å². The van der Waals surface area contributed by atoms with Gasteiger partial charge in [0, 0.05) is 42.3 Å². The zero-order chi connectivity index (χ0) is 50.2. The van der Waals surface area contributed by atoms with E-state index in [-0.39, 0.29) is 69.9 Å². The molecule has 0 saturated carbocycles. The normalized spacial score (nSPS) is 10.0. The lowest BCUT2D eigenvalue weighted by molar-refractivity contribution is 0.788. The molecule has 0 aromatic carbocycles. The number of imidazole rings is 6. The van der Waals surface area contributed by atoms with E-state index in [2.05, 4.69) is 29.9 Å². The highest BCUT2D eigenvalue weighted by Crippen LogP contribution is 2.41. The van der Waals surface area contributed by atoms with Gasteiger partial charge < -0.3 is 27.4 Å². The first kappa shape index (κ1) is 44.6. The van der Waals surface area contributed by atoms with Gasteiger partial charge in [-0.1, -0.05) is 0 Å². The third kappa shape index (κ3) is 6.58. The highest BCUT2D eigenvalue weighted by molar-refractivity contribution is 5.75. The van der Waals surface area contributed by atoms with Crippen LogP contribution in [0.4, 0.5) is 53.5 Å². The smallest absolute Gasteiger partial charge is 0.246 e. The van der Waals surface area contributed by atoms with Gasteiger partial charge in [0.2, 0.25) is 53.5 Å². The van der Waals surface area contributed by atoms with Crippen molar-refractivity contribution in [3.05, 3.63) is 68.3 Å². The van der Waals surface area contributed by atoms with E-state index in [0.29, 0.717) is 0 Å². The second-order valence-electron chi connectivity index (χ2n) is 13.6. The molecule has 0 unspecified atom stereocenters. The molecule has 69 heavy (non-hydrogen) atoms. The summed E-state index contributed by atoms with van der Waals surface area (Å²) in [6.07, 6.45) is 0. The van der Waals surface area contributed by atoms with E-state index in [1.807, 2.05) is 72.8 Å². The molecule has 0 fully saturated rings. The van der Waals surface area contributed by atoms with Crippen molar-refractivity contribution in [1.29, 1.82) is 63.1 Å². The van der Waals surface area contributed by atoms with E-state index in [1.165, 1.54) is 42.3 Å². The predicted molar refractivity (Wildman–Crippen MR) is 221 cm³/mol. The molecule has 30 nitrogen and oxygen atoms in total. The fourth-order valence-electron chi connectivity index (χ4n) is 6.80. The van der Waals surface area contributed by atoms with Crippen molar-refractivity contribution in [3.8, 4) is 72.8 Å². The summed E-state index contributed by atoms with van der Waals surface area (Å²) >= 11 is 0. The fraction of sp³-hybridized carbons (Fsp3) is 0.154. The third-order valence-electron chi connectivity index (χ3n) is 10.1. The van der Waals surface area contributed by atoms with Crippen LogP contribution in [0.3, 0.4) is 0 Å². The number of anilines is 9. The number of hydrogen-bond acceptors (Lipinski definition) is 24. The Hall–Kier alpha value is -12.4. The van der Waals surface area contributed by atoms with Gasteiger partial charge in [0.1, 0.15) is 72.8 Å².